The zero-order chi connectivity index (χ0) is 19.2. The minimum Gasteiger partial charge on any atom is -0.485 e. The van der Waals surface area contributed by atoms with Gasteiger partial charge in [-0.15, -0.1) is 0 Å². The van der Waals surface area contributed by atoms with Crippen LogP contribution in [0.25, 0.3) is 0 Å². The number of hydrogen-bond acceptors (Lipinski definition) is 4. The maximum Gasteiger partial charge on any atom is 0.308 e. The second-order valence-corrected chi connectivity index (χ2v) is 6.73. The molecule has 142 valence electrons. The van der Waals surface area contributed by atoms with E-state index in [1.54, 1.807) is 17.0 Å². The molecule has 3 rings (SSSR count). The second kappa shape index (κ2) is 8.58. The standard InChI is InChI=1S/C21H23NO5/c1-15-11-22(12-17(15)21(24)25)20(23)14-27-19-10-6-5-9-18(19)26-13-16-7-3-2-4-8-16/h2-10,15,17H,11-14H2,1H3,(H,24,25)/t15-,17-/m1/s1. The molecule has 1 saturated heterocycles. The first kappa shape index (κ1) is 18.8. The van der Waals surface area contributed by atoms with Crippen LogP contribution in [0.5, 0.6) is 11.5 Å². The average molecular weight is 369 g/mol. The van der Waals surface area contributed by atoms with Gasteiger partial charge in [0.1, 0.15) is 6.61 Å². The number of carbonyl (C=O) groups excluding carboxylic acids is 1. The van der Waals surface area contributed by atoms with Crippen LogP contribution < -0.4 is 9.47 Å². The van der Waals surface area contributed by atoms with Gasteiger partial charge in [-0.2, -0.15) is 0 Å². The topological polar surface area (TPSA) is 76.1 Å². The number of nitrogens with zero attached hydrogens (tertiary/aromatic N) is 1. The molecule has 0 aliphatic carbocycles. The van der Waals surface area contributed by atoms with Crippen molar-refractivity contribution in [2.75, 3.05) is 19.7 Å². The van der Waals surface area contributed by atoms with Crippen molar-refractivity contribution in [1.29, 1.82) is 0 Å². The highest BCUT2D eigenvalue weighted by atomic mass is 16.5. The SMILES string of the molecule is C[C@@H]1CN(C(=O)COc2ccccc2OCc2ccccc2)C[C@H]1C(=O)O. The summed E-state index contributed by atoms with van der Waals surface area (Å²) in [6, 6.07) is 17.0. The Labute approximate surface area is 158 Å². The van der Waals surface area contributed by atoms with E-state index in [-0.39, 0.29) is 25.0 Å². The van der Waals surface area contributed by atoms with E-state index >= 15 is 0 Å². The van der Waals surface area contributed by atoms with Gasteiger partial charge in [0, 0.05) is 13.1 Å². The molecule has 6 heteroatoms. The van der Waals surface area contributed by atoms with Gasteiger partial charge in [-0.25, -0.2) is 0 Å². The number of benzene rings is 2. The van der Waals surface area contributed by atoms with Gasteiger partial charge < -0.3 is 19.5 Å². The highest BCUT2D eigenvalue weighted by molar-refractivity contribution is 5.80. The number of hydrogen-bond donors (Lipinski definition) is 1. The Morgan fingerprint density at radius 3 is 2.26 bits per heavy atom. The van der Waals surface area contributed by atoms with Crippen molar-refractivity contribution in [2.24, 2.45) is 11.8 Å². The Kier molecular flexibility index (Phi) is 5.96. The molecule has 0 unspecified atom stereocenters. The van der Waals surface area contributed by atoms with E-state index in [4.69, 9.17) is 9.47 Å². The van der Waals surface area contributed by atoms with Gasteiger partial charge in [-0.05, 0) is 23.6 Å². The van der Waals surface area contributed by atoms with Crippen LogP contribution in [0, 0.1) is 11.8 Å². The number of para-hydroxylation sites is 2. The zero-order valence-electron chi connectivity index (χ0n) is 15.2. The molecule has 1 fully saturated rings. The summed E-state index contributed by atoms with van der Waals surface area (Å²) in [5.41, 5.74) is 1.04. The van der Waals surface area contributed by atoms with Crippen LogP contribution in [0.4, 0.5) is 0 Å². The third-order valence-electron chi connectivity index (χ3n) is 4.72. The van der Waals surface area contributed by atoms with Gasteiger partial charge in [-0.1, -0.05) is 49.4 Å². The van der Waals surface area contributed by atoms with E-state index < -0.39 is 11.9 Å². The molecule has 1 aliphatic rings. The van der Waals surface area contributed by atoms with Crippen molar-refractivity contribution < 1.29 is 24.2 Å². The molecule has 0 aromatic heterocycles. The summed E-state index contributed by atoms with van der Waals surface area (Å²) in [6.45, 7) is 2.76. The third-order valence-corrected chi connectivity index (χ3v) is 4.72. The summed E-state index contributed by atoms with van der Waals surface area (Å²) in [4.78, 5) is 25.1. The lowest BCUT2D eigenvalue weighted by Crippen LogP contribution is -2.33. The molecule has 1 N–H and O–H groups in total. The number of aliphatic carboxylic acids is 1. The number of carbonyl (C=O) groups is 2. The second-order valence-electron chi connectivity index (χ2n) is 6.73. The molecule has 27 heavy (non-hydrogen) atoms. The van der Waals surface area contributed by atoms with Gasteiger partial charge in [0.05, 0.1) is 5.92 Å². The van der Waals surface area contributed by atoms with Gasteiger partial charge in [-0.3, -0.25) is 9.59 Å². The number of amides is 1. The van der Waals surface area contributed by atoms with E-state index in [2.05, 4.69) is 0 Å². The summed E-state index contributed by atoms with van der Waals surface area (Å²) in [5, 5.41) is 9.19. The van der Waals surface area contributed by atoms with Crippen LogP contribution in [0.1, 0.15) is 12.5 Å². The fourth-order valence-electron chi connectivity index (χ4n) is 3.15. The average Bonchev–Trinajstić information content (AvgIpc) is 3.08. The molecule has 2 aromatic rings. The molecule has 2 aromatic carbocycles. The summed E-state index contributed by atoms with van der Waals surface area (Å²) in [7, 11) is 0. The summed E-state index contributed by atoms with van der Waals surface area (Å²) in [6.07, 6.45) is 0. The largest absolute Gasteiger partial charge is 0.485 e. The maximum atomic E-state index is 12.4. The normalized spacial score (nSPS) is 18.9. The van der Waals surface area contributed by atoms with Gasteiger partial charge in [0.2, 0.25) is 0 Å². The van der Waals surface area contributed by atoms with E-state index in [9.17, 15) is 14.7 Å². The molecule has 1 aliphatic heterocycles. The summed E-state index contributed by atoms with van der Waals surface area (Å²) >= 11 is 0. The molecule has 0 radical (unpaired) electrons. The lowest BCUT2D eigenvalue weighted by Gasteiger charge is -2.17. The van der Waals surface area contributed by atoms with Crippen LogP contribution in [-0.4, -0.2) is 41.6 Å². The lowest BCUT2D eigenvalue weighted by atomic mass is 9.99. The molecule has 1 amide bonds. The molecular formula is C21H23NO5. The molecule has 0 saturated carbocycles. The van der Waals surface area contributed by atoms with Crippen LogP contribution in [-0.2, 0) is 16.2 Å². The van der Waals surface area contributed by atoms with Crippen molar-refractivity contribution in [2.45, 2.75) is 13.5 Å². The Hall–Kier alpha value is -3.02. The first-order valence-corrected chi connectivity index (χ1v) is 8.93. The number of likely N-dealkylation sites (tertiary alicyclic amines) is 1. The van der Waals surface area contributed by atoms with Crippen LogP contribution >= 0.6 is 0 Å². The van der Waals surface area contributed by atoms with Gasteiger partial charge >= 0.3 is 5.97 Å². The minimum atomic E-state index is -0.863. The summed E-state index contributed by atoms with van der Waals surface area (Å²) in [5.74, 6) is -0.610. The predicted octanol–water partition coefficient (Wildman–Crippen LogP) is 2.82. The van der Waals surface area contributed by atoms with Crippen LogP contribution in [0.2, 0.25) is 0 Å². The lowest BCUT2D eigenvalue weighted by molar-refractivity contribution is -0.142. The maximum absolute atomic E-state index is 12.4. The van der Waals surface area contributed by atoms with Crippen molar-refractivity contribution in [3.63, 3.8) is 0 Å². The Morgan fingerprint density at radius 1 is 1.00 bits per heavy atom. The van der Waals surface area contributed by atoms with Gasteiger partial charge in [0.25, 0.3) is 5.91 Å². The molecule has 0 bridgehead atoms. The van der Waals surface area contributed by atoms with E-state index in [1.165, 1.54) is 0 Å². The van der Waals surface area contributed by atoms with Crippen LogP contribution in [0.3, 0.4) is 0 Å². The quantitative estimate of drug-likeness (QED) is 0.812. The van der Waals surface area contributed by atoms with Gasteiger partial charge in [0.15, 0.2) is 18.1 Å². The number of carboxylic acids is 1. The Balaban J connectivity index is 1.56. The first-order valence-electron chi connectivity index (χ1n) is 8.93. The number of carboxylic acid groups (broad SMARTS) is 1. The van der Waals surface area contributed by atoms with Crippen LogP contribution in [0.15, 0.2) is 54.6 Å². The molecule has 1 heterocycles. The molecule has 6 nitrogen and oxygen atoms in total. The molecule has 0 spiro atoms. The fraction of sp³-hybridized carbons (Fsp3) is 0.333. The monoisotopic (exact) mass is 369 g/mol. The van der Waals surface area contributed by atoms with Crippen molar-refractivity contribution in [3.8, 4) is 11.5 Å². The third kappa shape index (κ3) is 4.78. The Bertz CT molecular complexity index is 792. The summed E-state index contributed by atoms with van der Waals surface area (Å²) < 4.78 is 11.5. The number of ether oxygens (including phenoxy) is 2. The van der Waals surface area contributed by atoms with Crippen molar-refractivity contribution in [1.82, 2.24) is 4.90 Å². The fourth-order valence-corrected chi connectivity index (χ4v) is 3.15. The Morgan fingerprint density at radius 2 is 1.63 bits per heavy atom. The predicted molar refractivity (Wildman–Crippen MR) is 99.6 cm³/mol. The minimum absolute atomic E-state index is 0.0621. The first-order chi connectivity index (χ1) is 13.0. The van der Waals surface area contributed by atoms with E-state index in [1.807, 2.05) is 49.4 Å². The highest BCUT2D eigenvalue weighted by Crippen LogP contribution is 2.28. The van der Waals surface area contributed by atoms with E-state index in [0.717, 1.165) is 5.56 Å². The molecular weight excluding hydrogens is 346 g/mol. The smallest absolute Gasteiger partial charge is 0.308 e. The van der Waals surface area contributed by atoms with Crippen molar-refractivity contribution in [3.05, 3.63) is 60.2 Å². The van der Waals surface area contributed by atoms with E-state index in [0.29, 0.717) is 24.7 Å². The molecule has 2 atom stereocenters. The zero-order valence-corrected chi connectivity index (χ0v) is 15.2. The highest BCUT2D eigenvalue weighted by Gasteiger charge is 2.36. The number of rotatable bonds is 7. The van der Waals surface area contributed by atoms with Crippen molar-refractivity contribution >= 4 is 11.9 Å².